The number of esters is 3. The Hall–Kier alpha value is -3.67. The van der Waals surface area contributed by atoms with E-state index >= 15 is 0 Å². The van der Waals surface area contributed by atoms with Gasteiger partial charge in [-0.05, 0) is 103 Å². The minimum Gasteiger partial charge on any atom is -0.462 e. The second kappa shape index (κ2) is 68.8. The predicted octanol–water partition coefficient (Wildman–Crippen LogP) is 24.0. The first-order valence-corrected chi connectivity index (χ1v) is 34.7. The number of unbranched alkanes of at least 4 members (excludes halogenated alkanes) is 36. The largest absolute Gasteiger partial charge is 0.462 e. The summed E-state index contributed by atoms with van der Waals surface area (Å²) < 4.78 is 17.0. The lowest BCUT2D eigenvalue weighted by atomic mass is 10.0. The van der Waals surface area contributed by atoms with Crippen molar-refractivity contribution in [2.45, 2.75) is 348 Å². The van der Waals surface area contributed by atoms with Crippen molar-refractivity contribution >= 4 is 17.9 Å². The topological polar surface area (TPSA) is 78.9 Å². The first-order chi connectivity index (χ1) is 40.0. The molecule has 466 valence electrons. The van der Waals surface area contributed by atoms with Crippen LogP contribution in [0.25, 0.3) is 0 Å². The summed E-state index contributed by atoms with van der Waals surface area (Å²) in [6.07, 6.45) is 92.8. The lowest BCUT2D eigenvalue weighted by molar-refractivity contribution is -0.167. The number of carbonyl (C=O) groups excluding carboxylic acids is 3. The van der Waals surface area contributed by atoms with Crippen molar-refractivity contribution in [2.75, 3.05) is 13.2 Å². The molecule has 0 aliphatic carbocycles. The first-order valence-electron chi connectivity index (χ1n) is 34.7. The Labute approximate surface area is 502 Å². The van der Waals surface area contributed by atoms with E-state index in [1.165, 1.54) is 173 Å². The normalized spacial score (nSPS) is 12.7. The molecule has 0 radical (unpaired) electrons. The quantitative estimate of drug-likeness (QED) is 0.0261. The maximum atomic E-state index is 13.0. The molecule has 0 saturated heterocycles. The van der Waals surface area contributed by atoms with Crippen molar-refractivity contribution in [1.29, 1.82) is 0 Å². The highest BCUT2D eigenvalue weighted by molar-refractivity contribution is 5.71. The van der Waals surface area contributed by atoms with Crippen molar-refractivity contribution in [3.8, 4) is 0 Å². The standard InChI is InChI=1S/C75H130O6/c1-4-7-10-13-16-19-22-25-28-31-33-35-36-37-38-39-40-41-43-44-47-50-53-56-59-62-65-68-74(77)80-71-72(70-79-73(76)67-64-61-58-55-52-49-46-30-27-24-21-18-15-12-9-6-3)81-75(78)69-66-63-60-57-54-51-48-45-42-34-32-29-26-23-20-17-14-11-8-5-2/h7,10,16,19,25,28,30,33,35,37-38,40-41,44,46-47,72H,4-6,8-9,11-15,17-18,20-24,26-27,29,31-32,34,36,39,42-43,45,48-71H2,1-3H3/b10-7-,19-16-,28-25-,35-33-,38-37-,41-40-,46-30-,47-44-. The van der Waals surface area contributed by atoms with E-state index in [2.05, 4.69) is 118 Å². The number of hydrogen-bond acceptors (Lipinski definition) is 6. The van der Waals surface area contributed by atoms with E-state index in [0.717, 1.165) is 128 Å². The molecule has 0 bridgehead atoms. The molecule has 0 saturated carbocycles. The molecule has 0 aliphatic rings. The Bertz CT molecular complexity index is 1580. The summed E-state index contributed by atoms with van der Waals surface area (Å²) in [5, 5.41) is 0. The highest BCUT2D eigenvalue weighted by atomic mass is 16.6. The number of ether oxygens (including phenoxy) is 3. The molecule has 0 aromatic carbocycles. The van der Waals surface area contributed by atoms with E-state index in [1.807, 2.05) is 0 Å². The number of allylic oxidation sites excluding steroid dienone is 16. The van der Waals surface area contributed by atoms with Crippen molar-refractivity contribution < 1.29 is 28.6 Å². The molecule has 0 spiro atoms. The fourth-order valence-corrected chi connectivity index (χ4v) is 9.89. The molecule has 0 aromatic heterocycles. The minimum atomic E-state index is -0.790. The van der Waals surface area contributed by atoms with Crippen molar-refractivity contribution in [3.05, 3.63) is 97.2 Å². The molecular weight excluding hydrogens is 997 g/mol. The number of hydrogen-bond donors (Lipinski definition) is 0. The van der Waals surface area contributed by atoms with Gasteiger partial charge in [-0.1, -0.05) is 317 Å². The van der Waals surface area contributed by atoms with Crippen LogP contribution in [0.15, 0.2) is 97.2 Å². The zero-order chi connectivity index (χ0) is 58.5. The summed E-state index contributed by atoms with van der Waals surface area (Å²) >= 11 is 0. The van der Waals surface area contributed by atoms with E-state index in [1.54, 1.807) is 0 Å². The lowest BCUT2D eigenvalue weighted by Crippen LogP contribution is -2.30. The van der Waals surface area contributed by atoms with E-state index in [-0.39, 0.29) is 31.1 Å². The minimum absolute atomic E-state index is 0.0852. The van der Waals surface area contributed by atoms with Gasteiger partial charge in [-0.25, -0.2) is 0 Å². The van der Waals surface area contributed by atoms with Crippen LogP contribution in [0.5, 0.6) is 0 Å². The van der Waals surface area contributed by atoms with Gasteiger partial charge in [0.05, 0.1) is 0 Å². The Morgan fingerprint density at radius 3 is 0.765 bits per heavy atom. The lowest BCUT2D eigenvalue weighted by Gasteiger charge is -2.18. The molecule has 81 heavy (non-hydrogen) atoms. The van der Waals surface area contributed by atoms with E-state index in [9.17, 15) is 14.4 Å². The molecule has 0 fully saturated rings. The van der Waals surface area contributed by atoms with Gasteiger partial charge in [-0.15, -0.1) is 0 Å². The second-order valence-corrected chi connectivity index (χ2v) is 23.1. The van der Waals surface area contributed by atoms with Gasteiger partial charge in [-0.3, -0.25) is 14.4 Å². The summed E-state index contributed by atoms with van der Waals surface area (Å²) in [5.74, 6) is -0.895. The summed E-state index contributed by atoms with van der Waals surface area (Å²) in [4.78, 5) is 38.4. The zero-order valence-corrected chi connectivity index (χ0v) is 53.5. The van der Waals surface area contributed by atoms with Crippen LogP contribution >= 0.6 is 0 Å². The van der Waals surface area contributed by atoms with Gasteiger partial charge in [0.25, 0.3) is 0 Å². The van der Waals surface area contributed by atoms with Crippen LogP contribution in [0.1, 0.15) is 342 Å². The summed E-state index contributed by atoms with van der Waals surface area (Å²) in [6.45, 7) is 6.55. The molecule has 0 rings (SSSR count). The average Bonchev–Trinajstić information content (AvgIpc) is 3.47. The number of rotatable bonds is 63. The summed E-state index contributed by atoms with van der Waals surface area (Å²) in [7, 11) is 0. The van der Waals surface area contributed by atoms with Crippen molar-refractivity contribution in [3.63, 3.8) is 0 Å². The molecule has 0 heterocycles. The fourth-order valence-electron chi connectivity index (χ4n) is 9.89. The molecule has 0 aromatic rings. The number of carbonyl (C=O) groups is 3. The van der Waals surface area contributed by atoms with Gasteiger partial charge in [0.15, 0.2) is 6.10 Å². The molecule has 1 unspecified atom stereocenters. The maximum Gasteiger partial charge on any atom is 0.306 e. The Morgan fingerprint density at radius 1 is 0.259 bits per heavy atom. The third-order valence-electron chi connectivity index (χ3n) is 15.1. The van der Waals surface area contributed by atoms with Crippen LogP contribution < -0.4 is 0 Å². The molecular formula is C75H130O6. The molecule has 6 heteroatoms. The first kappa shape index (κ1) is 77.3. The summed E-state index contributed by atoms with van der Waals surface area (Å²) in [5.41, 5.74) is 0. The average molecular weight is 1130 g/mol. The highest BCUT2D eigenvalue weighted by Gasteiger charge is 2.19. The zero-order valence-electron chi connectivity index (χ0n) is 53.5. The van der Waals surface area contributed by atoms with Gasteiger partial charge in [0.1, 0.15) is 13.2 Å². The van der Waals surface area contributed by atoms with E-state index in [0.29, 0.717) is 19.3 Å². The highest BCUT2D eigenvalue weighted by Crippen LogP contribution is 2.17. The van der Waals surface area contributed by atoms with Crippen LogP contribution in [-0.4, -0.2) is 37.2 Å². The van der Waals surface area contributed by atoms with Gasteiger partial charge in [0.2, 0.25) is 0 Å². The fraction of sp³-hybridized carbons (Fsp3) is 0.747. The van der Waals surface area contributed by atoms with Gasteiger partial charge in [-0.2, -0.15) is 0 Å². The molecule has 0 N–H and O–H groups in total. The monoisotopic (exact) mass is 1130 g/mol. The van der Waals surface area contributed by atoms with Crippen molar-refractivity contribution in [1.82, 2.24) is 0 Å². The second-order valence-electron chi connectivity index (χ2n) is 23.1. The van der Waals surface area contributed by atoms with Gasteiger partial charge < -0.3 is 14.2 Å². The van der Waals surface area contributed by atoms with Gasteiger partial charge in [0, 0.05) is 19.3 Å². The van der Waals surface area contributed by atoms with Crippen LogP contribution in [-0.2, 0) is 28.6 Å². The molecule has 0 aliphatic heterocycles. The summed E-state index contributed by atoms with van der Waals surface area (Å²) in [6, 6.07) is 0. The molecule has 6 nitrogen and oxygen atoms in total. The smallest absolute Gasteiger partial charge is 0.306 e. The maximum absolute atomic E-state index is 13.0. The molecule has 0 amide bonds. The van der Waals surface area contributed by atoms with Crippen LogP contribution in [0.3, 0.4) is 0 Å². The predicted molar refractivity (Wildman–Crippen MR) is 353 cm³/mol. The van der Waals surface area contributed by atoms with E-state index < -0.39 is 6.10 Å². The Kier molecular flexibility index (Phi) is 65.7. The van der Waals surface area contributed by atoms with E-state index in [4.69, 9.17) is 14.2 Å². The van der Waals surface area contributed by atoms with Crippen LogP contribution in [0.2, 0.25) is 0 Å². The Balaban J connectivity index is 4.39. The van der Waals surface area contributed by atoms with Crippen molar-refractivity contribution in [2.24, 2.45) is 0 Å². The van der Waals surface area contributed by atoms with Crippen LogP contribution in [0, 0.1) is 0 Å². The Morgan fingerprint density at radius 2 is 0.481 bits per heavy atom. The van der Waals surface area contributed by atoms with Crippen LogP contribution in [0.4, 0.5) is 0 Å². The third kappa shape index (κ3) is 67.0. The third-order valence-corrected chi connectivity index (χ3v) is 15.1. The van der Waals surface area contributed by atoms with Gasteiger partial charge >= 0.3 is 17.9 Å². The molecule has 1 atom stereocenters. The SMILES string of the molecule is CC/C=C\C/C=C\C/C=C\C/C=C\C/C=C\C/C=C\C/C=C\CCCCCCCC(=O)OCC(COC(=O)CCCCCCC/C=C\CCCCCCCCC)OC(=O)CCCCCCCCCCCCCCCCCCCCCC.